The number of hydrogen-bond donors (Lipinski definition) is 2. The smallest absolute Gasteiger partial charge is 0.230 e. The van der Waals surface area contributed by atoms with E-state index < -0.39 is 0 Å². The van der Waals surface area contributed by atoms with Crippen molar-refractivity contribution in [2.75, 3.05) is 12.8 Å². The molecule has 4 aromatic rings. The van der Waals surface area contributed by atoms with Crippen LogP contribution >= 0.6 is 12.6 Å². The van der Waals surface area contributed by atoms with Crippen molar-refractivity contribution in [3.05, 3.63) is 66.4 Å². The van der Waals surface area contributed by atoms with Gasteiger partial charge in [0.15, 0.2) is 11.2 Å². The highest BCUT2D eigenvalue weighted by atomic mass is 32.1. The molecular weight excluding hydrogens is 346 g/mol. The summed E-state index contributed by atoms with van der Waals surface area (Å²) in [4.78, 5) is 9.28. The number of rotatable bonds is 2. The normalized spacial score (nSPS) is 10.3. The monoisotopic (exact) mass is 365 g/mol. The number of thiol groups is 1. The van der Waals surface area contributed by atoms with Crippen LogP contribution in [0.1, 0.15) is 5.56 Å². The van der Waals surface area contributed by atoms with E-state index in [0.717, 1.165) is 16.2 Å². The minimum absolute atomic E-state index is 0.506. The van der Waals surface area contributed by atoms with Gasteiger partial charge in [0.2, 0.25) is 5.89 Å². The number of oxazole rings is 1. The predicted octanol–water partition coefficient (Wildman–Crippen LogP) is 4.76. The van der Waals surface area contributed by atoms with E-state index in [2.05, 4.69) is 22.6 Å². The van der Waals surface area contributed by atoms with Gasteiger partial charge in [-0.25, -0.2) is 4.98 Å². The number of nitrogen functional groups attached to an aromatic ring is 1. The molecule has 0 radical (unpaired) electrons. The first-order valence-electron chi connectivity index (χ1n) is 7.98. The zero-order chi connectivity index (χ0) is 18.5. The lowest BCUT2D eigenvalue weighted by Gasteiger charge is -2.02. The van der Waals surface area contributed by atoms with Crippen molar-refractivity contribution in [2.24, 2.45) is 0 Å². The number of nitrogens with two attached hydrogens (primary N) is 1. The Balaban J connectivity index is 0.000000170. The predicted molar refractivity (Wildman–Crippen MR) is 107 cm³/mol. The molecule has 4 rings (SSSR count). The summed E-state index contributed by atoms with van der Waals surface area (Å²) in [5.74, 6) is 1.34. The van der Waals surface area contributed by atoms with Crippen LogP contribution in [0, 0.1) is 6.92 Å². The number of aryl methyl sites for hydroxylation is 1. The Kier molecular flexibility index (Phi) is 5.43. The number of pyridine rings is 1. The Morgan fingerprint density at radius 3 is 2.58 bits per heavy atom. The summed E-state index contributed by atoms with van der Waals surface area (Å²) in [6, 6.07) is 17.0. The third kappa shape index (κ3) is 3.97. The molecule has 0 atom stereocenters. The van der Waals surface area contributed by atoms with Gasteiger partial charge in [0.1, 0.15) is 5.75 Å². The van der Waals surface area contributed by atoms with Crippen molar-refractivity contribution >= 4 is 29.5 Å². The summed E-state index contributed by atoms with van der Waals surface area (Å²) < 4.78 is 10.6. The van der Waals surface area contributed by atoms with Crippen LogP contribution in [0.15, 0.2) is 70.1 Å². The summed E-state index contributed by atoms with van der Waals surface area (Å²) in [5, 5.41) is 0. The van der Waals surface area contributed by atoms with Crippen molar-refractivity contribution < 1.29 is 9.15 Å². The molecule has 0 bridgehead atoms. The van der Waals surface area contributed by atoms with Gasteiger partial charge >= 0.3 is 0 Å². The molecule has 0 amide bonds. The Hall–Kier alpha value is -2.99. The number of para-hydroxylation sites is 1. The van der Waals surface area contributed by atoms with Crippen molar-refractivity contribution in [1.82, 2.24) is 9.97 Å². The van der Waals surface area contributed by atoms with Gasteiger partial charge in [-0.2, -0.15) is 4.98 Å². The van der Waals surface area contributed by atoms with E-state index in [1.165, 1.54) is 5.56 Å². The van der Waals surface area contributed by atoms with Crippen LogP contribution in [-0.4, -0.2) is 17.1 Å². The number of methoxy groups -OCH3 is 1. The molecule has 2 heterocycles. The highest BCUT2D eigenvalue weighted by molar-refractivity contribution is 7.80. The zero-order valence-electron chi connectivity index (χ0n) is 14.5. The van der Waals surface area contributed by atoms with Crippen LogP contribution in [-0.2, 0) is 0 Å². The number of hydrogen-bond acceptors (Lipinski definition) is 6. The summed E-state index contributed by atoms with van der Waals surface area (Å²) >= 11 is 4.20. The lowest BCUT2D eigenvalue weighted by molar-refractivity contribution is 0.404. The van der Waals surface area contributed by atoms with Crippen molar-refractivity contribution in [3.8, 4) is 17.2 Å². The molecule has 0 spiro atoms. The van der Waals surface area contributed by atoms with Crippen molar-refractivity contribution in [2.45, 2.75) is 11.8 Å². The number of ether oxygens (including phenoxy) is 1. The third-order valence-electron chi connectivity index (χ3n) is 3.69. The fraction of sp³-hybridized carbons (Fsp3) is 0.100. The van der Waals surface area contributed by atoms with Crippen molar-refractivity contribution in [1.29, 1.82) is 0 Å². The van der Waals surface area contributed by atoms with Gasteiger partial charge < -0.3 is 14.9 Å². The summed E-state index contributed by atoms with van der Waals surface area (Å²) in [7, 11) is 1.65. The maximum Gasteiger partial charge on any atom is 0.230 e. The fourth-order valence-electron chi connectivity index (χ4n) is 2.36. The van der Waals surface area contributed by atoms with Crippen LogP contribution in [0.5, 0.6) is 5.75 Å². The first-order chi connectivity index (χ1) is 12.6. The molecule has 5 nitrogen and oxygen atoms in total. The number of fused-ring (bicyclic) bond motifs is 1. The fourth-order valence-corrected chi connectivity index (χ4v) is 2.59. The maximum absolute atomic E-state index is 5.85. The molecule has 2 aromatic heterocycles. The Morgan fingerprint density at radius 1 is 1.08 bits per heavy atom. The summed E-state index contributed by atoms with van der Waals surface area (Å²) in [6.45, 7) is 2.02. The van der Waals surface area contributed by atoms with E-state index in [-0.39, 0.29) is 0 Å². The molecule has 2 N–H and O–H groups in total. The van der Waals surface area contributed by atoms with Crippen LogP contribution < -0.4 is 10.5 Å². The van der Waals surface area contributed by atoms with Crippen molar-refractivity contribution in [3.63, 3.8) is 0 Å². The molecular formula is C20H19N3O2S. The highest BCUT2D eigenvalue weighted by Crippen LogP contribution is 2.27. The number of benzene rings is 2. The topological polar surface area (TPSA) is 74.2 Å². The van der Waals surface area contributed by atoms with E-state index in [9.17, 15) is 0 Å². The lowest BCUT2D eigenvalue weighted by atomic mass is 10.2. The highest BCUT2D eigenvalue weighted by Gasteiger charge is 2.10. The van der Waals surface area contributed by atoms with Crippen LogP contribution in [0.4, 0.5) is 5.69 Å². The zero-order valence-corrected chi connectivity index (χ0v) is 15.4. The van der Waals surface area contributed by atoms with E-state index in [1.54, 1.807) is 13.3 Å². The van der Waals surface area contributed by atoms with Gasteiger partial charge in [-0.1, -0.05) is 18.2 Å². The van der Waals surface area contributed by atoms with Crippen LogP contribution in [0.2, 0.25) is 0 Å². The molecule has 2 aromatic carbocycles. The third-order valence-corrected chi connectivity index (χ3v) is 4.06. The second-order valence-electron chi connectivity index (χ2n) is 5.61. The van der Waals surface area contributed by atoms with Gasteiger partial charge in [0.05, 0.1) is 12.7 Å². The van der Waals surface area contributed by atoms with Gasteiger partial charge in [0.25, 0.3) is 0 Å². The molecule has 0 aliphatic heterocycles. The van der Waals surface area contributed by atoms with E-state index in [4.69, 9.17) is 14.9 Å². The lowest BCUT2D eigenvalue weighted by Crippen LogP contribution is -1.88. The molecule has 0 saturated heterocycles. The largest absolute Gasteiger partial charge is 0.496 e. The Labute approximate surface area is 157 Å². The summed E-state index contributed by atoms with van der Waals surface area (Å²) in [6.07, 6.45) is 1.68. The minimum Gasteiger partial charge on any atom is -0.496 e. The number of aromatic nitrogens is 2. The van der Waals surface area contributed by atoms with Crippen LogP contribution in [0.25, 0.3) is 22.7 Å². The molecule has 26 heavy (non-hydrogen) atoms. The molecule has 132 valence electrons. The Morgan fingerprint density at radius 2 is 1.88 bits per heavy atom. The van der Waals surface area contributed by atoms with Gasteiger partial charge in [-0.15, -0.1) is 12.6 Å². The van der Waals surface area contributed by atoms with Gasteiger partial charge in [-0.3, -0.25) is 0 Å². The molecule has 0 saturated carbocycles. The van der Waals surface area contributed by atoms with E-state index in [1.807, 2.05) is 61.5 Å². The maximum atomic E-state index is 5.85. The minimum atomic E-state index is 0.506. The average molecular weight is 365 g/mol. The number of anilines is 1. The first-order valence-corrected chi connectivity index (χ1v) is 8.43. The molecule has 6 heteroatoms. The van der Waals surface area contributed by atoms with Gasteiger partial charge in [0, 0.05) is 16.8 Å². The molecule has 0 aliphatic rings. The second kappa shape index (κ2) is 7.93. The van der Waals surface area contributed by atoms with E-state index >= 15 is 0 Å². The Bertz CT molecular complexity index is 997. The van der Waals surface area contributed by atoms with Crippen LogP contribution in [0.3, 0.4) is 0 Å². The standard InChI is InChI=1S/C12H9N3O.C8H10OS/c13-9-5-2-1-4-8(9)12-15-11-10(16-12)6-3-7-14-11;1-6-3-4-8(10)7(5-6)9-2/h1-7H,13H2;3-5,10H,1-2H3. The quantitative estimate of drug-likeness (QED) is 0.395. The number of nitrogens with zero attached hydrogens (tertiary/aromatic N) is 2. The van der Waals surface area contributed by atoms with Gasteiger partial charge in [-0.05, 0) is 48.9 Å². The van der Waals surface area contributed by atoms with E-state index in [0.29, 0.717) is 22.8 Å². The molecule has 0 unspecified atom stereocenters. The second-order valence-corrected chi connectivity index (χ2v) is 6.09. The summed E-state index contributed by atoms with van der Waals surface area (Å²) in [5.41, 5.74) is 9.75. The molecule has 0 fully saturated rings. The average Bonchev–Trinajstić information content (AvgIpc) is 3.08. The molecule has 0 aliphatic carbocycles. The first kappa shape index (κ1) is 17.8. The SMILES string of the molecule is COc1cc(C)ccc1S.Nc1ccccc1-c1nc2ncccc2o1.